The Hall–Kier alpha value is -1.88. The molecule has 1 N–H and O–H groups in total. The third-order valence-electron chi connectivity index (χ3n) is 3.03. The number of rotatable bonds is 4. The number of amides is 2. The van der Waals surface area contributed by atoms with Gasteiger partial charge in [0.2, 0.25) is 11.8 Å². The van der Waals surface area contributed by atoms with Crippen LogP contribution in [0.5, 0.6) is 0 Å². The van der Waals surface area contributed by atoms with E-state index in [0.29, 0.717) is 17.9 Å². The predicted molar refractivity (Wildman–Crippen MR) is 82.2 cm³/mol. The quantitative estimate of drug-likeness (QED) is 0.927. The largest absolute Gasteiger partial charge is 0.352 e. The summed E-state index contributed by atoms with van der Waals surface area (Å²) in [6, 6.07) is 7.33. The highest BCUT2D eigenvalue weighted by molar-refractivity contribution is 6.30. The molecule has 0 atom stereocenters. The van der Waals surface area contributed by atoms with E-state index in [2.05, 4.69) is 10.4 Å². The Morgan fingerprint density at radius 2 is 2.00 bits per heavy atom. The summed E-state index contributed by atoms with van der Waals surface area (Å²) in [7, 11) is 0. The van der Waals surface area contributed by atoms with Gasteiger partial charge < -0.3 is 5.32 Å². The van der Waals surface area contributed by atoms with Gasteiger partial charge >= 0.3 is 0 Å². The SMILES string of the molecule is CC(C)NC(=O)CN1N=C(c2ccc(Cl)cc2)CCC1=O. The van der Waals surface area contributed by atoms with Crippen molar-refractivity contribution in [3.8, 4) is 0 Å². The summed E-state index contributed by atoms with van der Waals surface area (Å²) in [5.74, 6) is -0.342. The topological polar surface area (TPSA) is 61.8 Å². The zero-order valence-electron chi connectivity index (χ0n) is 12.1. The lowest BCUT2D eigenvalue weighted by atomic mass is 10.0. The third-order valence-corrected chi connectivity index (χ3v) is 3.28. The molecular weight excluding hydrogens is 290 g/mol. The van der Waals surface area contributed by atoms with E-state index in [-0.39, 0.29) is 24.4 Å². The molecule has 0 saturated heterocycles. The minimum Gasteiger partial charge on any atom is -0.352 e. The molecule has 0 radical (unpaired) electrons. The molecule has 1 aromatic rings. The number of hydrogen-bond acceptors (Lipinski definition) is 3. The van der Waals surface area contributed by atoms with Crippen LogP contribution < -0.4 is 5.32 Å². The van der Waals surface area contributed by atoms with Gasteiger partial charge in [0, 0.05) is 23.9 Å². The molecule has 21 heavy (non-hydrogen) atoms. The van der Waals surface area contributed by atoms with Gasteiger partial charge in [0.25, 0.3) is 0 Å². The van der Waals surface area contributed by atoms with Gasteiger partial charge in [-0.25, -0.2) is 5.01 Å². The zero-order chi connectivity index (χ0) is 15.4. The summed E-state index contributed by atoms with van der Waals surface area (Å²) >= 11 is 5.86. The molecule has 0 unspecified atom stereocenters. The lowest BCUT2D eigenvalue weighted by Gasteiger charge is -2.23. The molecule has 1 aliphatic heterocycles. The Kier molecular flexibility index (Phi) is 4.96. The Morgan fingerprint density at radius 1 is 1.33 bits per heavy atom. The number of hydrogen-bond donors (Lipinski definition) is 1. The van der Waals surface area contributed by atoms with Crippen LogP contribution in [0.4, 0.5) is 0 Å². The lowest BCUT2D eigenvalue weighted by Crippen LogP contribution is -2.42. The van der Waals surface area contributed by atoms with Gasteiger partial charge in [-0.3, -0.25) is 9.59 Å². The van der Waals surface area contributed by atoms with E-state index in [1.807, 2.05) is 26.0 Å². The second kappa shape index (κ2) is 6.72. The Morgan fingerprint density at radius 3 is 2.62 bits per heavy atom. The molecule has 2 rings (SSSR count). The smallest absolute Gasteiger partial charge is 0.243 e. The predicted octanol–water partition coefficient (Wildman–Crippen LogP) is 2.19. The van der Waals surface area contributed by atoms with Gasteiger partial charge in [-0.2, -0.15) is 5.10 Å². The molecule has 6 heteroatoms. The first-order chi connectivity index (χ1) is 9.95. The molecule has 1 heterocycles. The number of halogens is 1. The van der Waals surface area contributed by atoms with Crippen molar-refractivity contribution in [2.24, 2.45) is 5.10 Å². The Labute approximate surface area is 129 Å². The highest BCUT2D eigenvalue weighted by atomic mass is 35.5. The van der Waals surface area contributed by atoms with Gasteiger partial charge in [0.15, 0.2) is 0 Å². The first-order valence-electron chi connectivity index (χ1n) is 6.89. The second-order valence-corrected chi connectivity index (χ2v) is 5.66. The number of carbonyl (C=O) groups is 2. The van der Waals surface area contributed by atoms with Crippen molar-refractivity contribution in [1.82, 2.24) is 10.3 Å². The van der Waals surface area contributed by atoms with Gasteiger partial charge in [-0.1, -0.05) is 23.7 Å². The minimum absolute atomic E-state index is 0.0390. The fourth-order valence-electron chi connectivity index (χ4n) is 2.08. The maximum absolute atomic E-state index is 11.9. The average molecular weight is 308 g/mol. The molecule has 0 aliphatic carbocycles. The fourth-order valence-corrected chi connectivity index (χ4v) is 2.20. The fraction of sp³-hybridized carbons (Fsp3) is 0.400. The van der Waals surface area contributed by atoms with Crippen LogP contribution in [0.25, 0.3) is 0 Å². The van der Waals surface area contributed by atoms with Gasteiger partial charge in [-0.15, -0.1) is 0 Å². The number of nitrogens with one attached hydrogen (secondary N) is 1. The first kappa shape index (κ1) is 15.5. The van der Waals surface area contributed by atoms with E-state index < -0.39 is 0 Å². The van der Waals surface area contributed by atoms with Crippen molar-refractivity contribution >= 4 is 29.1 Å². The monoisotopic (exact) mass is 307 g/mol. The molecule has 5 nitrogen and oxygen atoms in total. The van der Waals surface area contributed by atoms with Crippen molar-refractivity contribution in [2.75, 3.05) is 6.54 Å². The summed E-state index contributed by atoms with van der Waals surface area (Å²) in [6.07, 6.45) is 0.930. The Balaban J connectivity index is 2.13. The van der Waals surface area contributed by atoms with Gasteiger partial charge in [0.1, 0.15) is 6.54 Å². The van der Waals surface area contributed by atoms with Crippen LogP contribution in [-0.2, 0) is 9.59 Å². The molecular formula is C15H18ClN3O2. The molecule has 0 saturated carbocycles. The molecule has 1 aliphatic rings. The molecule has 0 spiro atoms. The maximum Gasteiger partial charge on any atom is 0.243 e. The van der Waals surface area contributed by atoms with Crippen LogP contribution in [0.3, 0.4) is 0 Å². The maximum atomic E-state index is 11.9. The molecule has 2 amide bonds. The number of carbonyl (C=O) groups excluding carboxylic acids is 2. The third kappa shape index (κ3) is 4.29. The summed E-state index contributed by atoms with van der Waals surface area (Å²) in [6.45, 7) is 3.70. The zero-order valence-corrected chi connectivity index (χ0v) is 12.9. The lowest BCUT2D eigenvalue weighted by molar-refractivity contribution is -0.136. The van der Waals surface area contributed by atoms with Crippen LogP contribution in [0.15, 0.2) is 29.4 Å². The molecule has 1 aromatic carbocycles. The average Bonchev–Trinajstić information content (AvgIpc) is 2.41. The van der Waals surface area contributed by atoms with Crippen LogP contribution in [-0.4, -0.2) is 35.1 Å². The number of benzene rings is 1. The minimum atomic E-state index is -0.209. The van der Waals surface area contributed by atoms with E-state index in [0.717, 1.165) is 11.3 Å². The molecule has 112 valence electrons. The van der Waals surface area contributed by atoms with E-state index >= 15 is 0 Å². The Bertz CT molecular complexity index is 567. The first-order valence-corrected chi connectivity index (χ1v) is 7.26. The van der Waals surface area contributed by atoms with Crippen molar-refractivity contribution < 1.29 is 9.59 Å². The van der Waals surface area contributed by atoms with E-state index in [9.17, 15) is 9.59 Å². The van der Waals surface area contributed by atoms with E-state index in [4.69, 9.17) is 11.6 Å². The molecule has 0 bridgehead atoms. The van der Waals surface area contributed by atoms with E-state index in [1.165, 1.54) is 5.01 Å². The highest BCUT2D eigenvalue weighted by Gasteiger charge is 2.23. The number of nitrogens with zero attached hydrogens (tertiary/aromatic N) is 2. The molecule has 0 fully saturated rings. The molecule has 0 aromatic heterocycles. The summed E-state index contributed by atoms with van der Waals surface area (Å²) in [4.78, 5) is 23.6. The van der Waals surface area contributed by atoms with Crippen LogP contribution in [0.2, 0.25) is 5.02 Å². The van der Waals surface area contributed by atoms with Crippen molar-refractivity contribution in [1.29, 1.82) is 0 Å². The summed E-state index contributed by atoms with van der Waals surface area (Å²) in [5.41, 5.74) is 1.71. The van der Waals surface area contributed by atoms with E-state index in [1.54, 1.807) is 12.1 Å². The number of hydrazone groups is 1. The standard InChI is InChI=1S/C15H18ClN3O2/c1-10(2)17-14(20)9-19-15(21)8-7-13(18-19)11-3-5-12(16)6-4-11/h3-6,10H,7-9H2,1-2H3,(H,17,20). The van der Waals surface area contributed by atoms with Crippen LogP contribution in [0.1, 0.15) is 32.3 Å². The normalized spacial score (nSPS) is 15.1. The summed E-state index contributed by atoms with van der Waals surface area (Å²) in [5, 5.41) is 8.95. The van der Waals surface area contributed by atoms with Crippen molar-refractivity contribution in [3.63, 3.8) is 0 Å². The van der Waals surface area contributed by atoms with Crippen molar-refractivity contribution in [3.05, 3.63) is 34.9 Å². The van der Waals surface area contributed by atoms with Crippen LogP contribution in [0, 0.1) is 0 Å². The summed E-state index contributed by atoms with van der Waals surface area (Å²) < 4.78 is 0. The van der Waals surface area contributed by atoms with Gasteiger partial charge in [-0.05, 0) is 31.5 Å². The van der Waals surface area contributed by atoms with Gasteiger partial charge in [0.05, 0.1) is 5.71 Å². The second-order valence-electron chi connectivity index (χ2n) is 5.23. The van der Waals surface area contributed by atoms with Crippen molar-refractivity contribution in [2.45, 2.75) is 32.7 Å². The highest BCUT2D eigenvalue weighted by Crippen LogP contribution is 2.17. The van der Waals surface area contributed by atoms with Crippen LogP contribution >= 0.6 is 11.6 Å².